The molecule has 11 nitrogen and oxygen atoms in total. The van der Waals surface area contributed by atoms with E-state index in [-0.39, 0.29) is 36.3 Å². The lowest BCUT2D eigenvalue weighted by molar-refractivity contribution is 0.0598. The van der Waals surface area contributed by atoms with Crippen LogP contribution in [0.3, 0.4) is 0 Å². The number of anilines is 2. The molecule has 2 aromatic carbocycles. The van der Waals surface area contributed by atoms with Crippen molar-refractivity contribution in [2.75, 3.05) is 64.1 Å². The molecule has 0 radical (unpaired) electrons. The first-order valence-corrected chi connectivity index (χ1v) is 17.4. The number of urea groups is 1. The first-order valence-electron chi connectivity index (χ1n) is 17.4. The summed E-state index contributed by atoms with van der Waals surface area (Å²) < 4.78 is 27.4. The van der Waals surface area contributed by atoms with Gasteiger partial charge in [0.25, 0.3) is 18.2 Å². The summed E-state index contributed by atoms with van der Waals surface area (Å²) in [7, 11) is 5.15. The van der Waals surface area contributed by atoms with Crippen LogP contribution in [-0.2, 0) is 13.1 Å². The Morgan fingerprint density at radius 1 is 0.980 bits per heavy atom. The van der Waals surface area contributed by atoms with E-state index in [1.807, 2.05) is 41.1 Å². The number of hydrogen-bond acceptors (Lipinski definition) is 6. The molecule has 0 saturated carbocycles. The van der Waals surface area contributed by atoms with Crippen molar-refractivity contribution in [1.82, 2.24) is 29.8 Å². The molecule has 1 aromatic heterocycles. The zero-order chi connectivity index (χ0) is 36.1. The molecule has 0 unspecified atom stereocenters. The molecule has 0 spiro atoms. The fourth-order valence-electron chi connectivity index (χ4n) is 6.87. The van der Waals surface area contributed by atoms with E-state index in [4.69, 9.17) is 5.10 Å². The fourth-order valence-corrected chi connectivity index (χ4v) is 6.87. The highest BCUT2D eigenvalue weighted by molar-refractivity contribution is 5.95. The summed E-state index contributed by atoms with van der Waals surface area (Å²) in [5.74, 6) is 0.0937. The molecule has 270 valence electrons. The maximum Gasteiger partial charge on any atom is 0.321 e. The lowest BCUT2D eigenvalue weighted by Gasteiger charge is -2.34. The number of benzene rings is 2. The van der Waals surface area contributed by atoms with E-state index in [1.54, 1.807) is 43.1 Å². The van der Waals surface area contributed by atoms with Crippen LogP contribution in [0.1, 0.15) is 83.2 Å². The average Bonchev–Trinajstić information content (AvgIpc) is 3.49. The summed E-state index contributed by atoms with van der Waals surface area (Å²) in [4.78, 5) is 46.1. The molecule has 1 fully saturated rings. The molecule has 1 saturated heterocycles. The van der Waals surface area contributed by atoms with Gasteiger partial charge < -0.3 is 25.3 Å². The van der Waals surface area contributed by atoms with Crippen molar-refractivity contribution in [2.24, 2.45) is 5.92 Å². The van der Waals surface area contributed by atoms with Crippen LogP contribution < -0.4 is 15.5 Å². The lowest BCUT2D eigenvalue weighted by atomic mass is 9.94. The van der Waals surface area contributed by atoms with Gasteiger partial charge in [0.05, 0.1) is 6.54 Å². The Kier molecular flexibility index (Phi) is 11.8. The van der Waals surface area contributed by atoms with E-state index in [1.165, 1.54) is 4.90 Å². The Hall–Kier alpha value is -4.52. The van der Waals surface area contributed by atoms with E-state index < -0.39 is 6.43 Å². The molecule has 3 heterocycles. The van der Waals surface area contributed by atoms with E-state index in [9.17, 15) is 23.2 Å². The normalized spacial score (nSPS) is 16.8. The van der Waals surface area contributed by atoms with Crippen molar-refractivity contribution in [3.05, 3.63) is 76.6 Å². The van der Waals surface area contributed by atoms with Crippen molar-refractivity contribution < 1.29 is 23.2 Å². The third-order valence-corrected chi connectivity index (χ3v) is 9.59. The molecule has 2 N–H and O–H groups in total. The molecule has 0 bridgehead atoms. The van der Waals surface area contributed by atoms with Gasteiger partial charge in [0.2, 0.25) is 0 Å². The van der Waals surface area contributed by atoms with E-state index in [2.05, 4.69) is 36.3 Å². The van der Waals surface area contributed by atoms with Crippen molar-refractivity contribution in [3.8, 4) is 0 Å². The molecular weight excluding hydrogens is 642 g/mol. The number of likely N-dealkylation sites (tertiary alicyclic amines) is 1. The molecule has 5 rings (SSSR count). The molecule has 4 amide bonds. The van der Waals surface area contributed by atoms with Gasteiger partial charge in [-0.1, -0.05) is 19.1 Å². The summed E-state index contributed by atoms with van der Waals surface area (Å²) in [6.07, 6.45) is -0.714. The van der Waals surface area contributed by atoms with Crippen molar-refractivity contribution in [1.29, 1.82) is 0 Å². The zero-order valence-electron chi connectivity index (χ0n) is 30.0. The Morgan fingerprint density at radius 2 is 1.64 bits per heavy atom. The van der Waals surface area contributed by atoms with Crippen LogP contribution in [0.2, 0.25) is 0 Å². The second-order valence-corrected chi connectivity index (χ2v) is 14.1. The molecule has 3 aromatic rings. The Morgan fingerprint density at radius 3 is 2.24 bits per heavy atom. The minimum atomic E-state index is -2.32. The maximum atomic E-state index is 13.6. The average molecular weight is 693 g/mol. The summed E-state index contributed by atoms with van der Waals surface area (Å²) in [6, 6.07) is 14.8. The number of nitrogens with zero attached hydrogens (tertiary/aromatic N) is 6. The lowest BCUT2D eigenvalue weighted by Crippen LogP contribution is -2.41. The van der Waals surface area contributed by atoms with Crippen molar-refractivity contribution in [3.63, 3.8) is 0 Å². The number of aromatic nitrogens is 2. The van der Waals surface area contributed by atoms with E-state index in [0.717, 1.165) is 41.9 Å². The molecule has 2 aliphatic heterocycles. The predicted molar refractivity (Wildman–Crippen MR) is 191 cm³/mol. The smallest absolute Gasteiger partial charge is 0.321 e. The summed E-state index contributed by atoms with van der Waals surface area (Å²) in [5, 5.41) is 10.6. The van der Waals surface area contributed by atoms with Gasteiger partial charge >= 0.3 is 6.03 Å². The summed E-state index contributed by atoms with van der Waals surface area (Å²) >= 11 is 0. The van der Waals surface area contributed by atoms with Gasteiger partial charge in [0.15, 0.2) is 5.69 Å². The van der Waals surface area contributed by atoms with Crippen molar-refractivity contribution in [2.45, 2.75) is 65.1 Å². The standard InChI is InChI=1S/C37H50F2N8O3/c1-24(2)47-34-25(3)20-46(22-31(34)33(42-47)35(48)40-19-26-7-11-29(12-8-26)41-37(50)43(4)5)30-13-9-28(10-14-30)36(49)44(6)21-27-15-17-45(18-16-27)23-32(38)39/h7-14,24-25,27,32H,15-23H2,1-6H3,(H,40,48)(H,41,50)/t25-/m0/s1. The molecule has 50 heavy (non-hydrogen) atoms. The number of nitrogens with one attached hydrogen (secondary N) is 2. The minimum absolute atomic E-state index is 0.0639. The van der Waals surface area contributed by atoms with Gasteiger partial charge in [0.1, 0.15) is 0 Å². The Bertz CT molecular complexity index is 1630. The van der Waals surface area contributed by atoms with Gasteiger partial charge in [-0.2, -0.15) is 5.10 Å². The molecule has 1 atom stereocenters. The fraction of sp³-hybridized carbons (Fsp3) is 0.514. The molecule has 13 heteroatoms. The van der Waals surface area contributed by atoms with Crippen LogP contribution in [0.4, 0.5) is 25.0 Å². The quantitative estimate of drug-likeness (QED) is 0.269. The first kappa shape index (κ1) is 36.8. The van der Waals surface area contributed by atoms with Gasteiger partial charge in [-0.15, -0.1) is 0 Å². The highest BCUT2D eigenvalue weighted by atomic mass is 19.3. The molecule has 0 aliphatic carbocycles. The number of rotatable bonds is 11. The number of fused-ring (bicyclic) bond motifs is 1. The number of alkyl halides is 2. The number of carbonyl (C=O) groups excluding carboxylic acids is 3. The predicted octanol–water partition coefficient (Wildman–Crippen LogP) is 5.66. The Balaban J connectivity index is 1.23. The van der Waals surface area contributed by atoms with Gasteiger partial charge in [-0.25, -0.2) is 13.6 Å². The zero-order valence-corrected chi connectivity index (χ0v) is 30.0. The largest absolute Gasteiger partial charge is 0.366 e. The summed E-state index contributed by atoms with van der Waals surface area (Å²) in [6.45, 7) is 9.51. The van der Waals surface area contributed by atoms with Crippen molar-refractivity contribution >= 4 is 29.2 Å². The van der Waals surface area contributed by atoms with Crippen LogP contribution in [0.25, 0.3) is 0 Å². The van der Waals surface area contributed by atoms with Crippen LogP contribution in [0, 0.1) is 5.92 Å². The van der Waals surface area contributed by atoms with E-state index >= 15 is 0 Å². The van der Waals surface area contributed by atoms with Gasteiger partial charge in [-0.3, -0.25) is 19.2 Å². The van der Waals surface area contributed by atoms with Crippen LogP contribution in [0.15, 0.2) is 48.5 Å². The first-order chi connectivity index (χ1) is 23.8. The second-order valence-electron chi connectivity index (χ2n) is 14.1. The monoisotopic (exact) mass is 692 g/mol. The van der Waals surface area contributed by atoms with E-state index in [0.29, 0.717) is 55.6 Å². The maximum absolute atomic E-state index is 13.6. The SMILES string of the molecule is CC(C)n1nc(C(=O)NCc2ccc(NC(=O)N(C)C)cc2)c2c1[C@@H](C)CN(c1ccc(C(=O)N(C)CC3CCN(CC(F)F)CC3)cc1)C2. The van der Waals surface area contributed by atoms with Crippen LogP contribution in [-0.4, -0.2) is 103 Å². The molecule has 2 aliphatic rings. The summed E-state index contributed by atoms with van der Waals surface area (Å²) in [5.41, 5.74) is 5.49. The second kappa shape index (κ2) is 16.0. The Labute approximate surface area is 293 Å². The number of carbonyl (C=O) groups is 3. The van der Waals surface area contributed by atoms with Gasteiger partial charge in [0, 0.05) is 87.5 Å². The van der Waals surface area contributed by atoms with Crippen LogP contribution >= 0.6 is 0 Å². The topological polar surface area (TPSA) is 106 Å². The number of amides is 4. The number of halogens is 2. The van der Waals surface area contributed by atoms with Gasteiger partial charge in [-0.05, 0) is 87.7 Å². The third-order valence-electron chi connectivity index (χ3n) is 9.59. The minimum Gasteiger partial charge on any atom is -0.366 e. The third kappa shape index (κ3) is 8.79. The highest BCUT2D eigenvalue weighted by Gasteiger charge is 2.33. The number of hydrogen-bond donors (Lipinski definition) is 2. The number of piperidine rings is 1. The molecular formula is C37H50F2N8O3. The van der Waals surface area contributed by atoms with Crippen LogP contribution in [0.5, 0.6) is 0 Å². The highest BCUT2D eigenvalue weighted by Crippen LogP contribution is 2.35.